The SMILES string of the molecule is COI.COI.Cc1ccc(C)cc1. The summed E-state index contributed by atoms with van der Waals surface area (Å²) in [6.45, 7) is 4.19. The molecule has 0 bridgehead atoms. The molecule has 0 radical (unpaired) electrons. The highest BCUT2D eigenvalue weighted by Crippen LogP contribution is 1.99. The highest BCUT2D eigenvalue weighted by Gasteiger charge is 1.79. The molecule has 1 rings (SSSR count). The van der Waals surface area contributed by atoms with Crippen molar-refractivity contribution < 1.29 is 6.13 Å². The predicted octanol–water partition coefficient (Wildman–Crippen LogP) is 4.27. The molecule has 1 aromatic carbocycles. The van der Waals surface area contributed by atoms with Crippen LogP contribution in [0.5, 0.6) is 0 Å². The molecule has 1 aromatic rings. The maximum atomic E-state index is 4.22. The zero-order valence-corrected chi connectivity index (χ0v) is 13.2. The van der Waals surface area contributed by atoms with Crippen molar-refractivity contribution in [3.05, 3.63) is 35.4 Å². The average Bonchev–Trinajstić information content (AvgIpc) is 2.13. The zero-order chi connectivity index (χ0) is 11.4. The fraction of sp³-hybridized carbons (Fsp3) is 0.400. The minimum absolute atomic E-state index is 1.33. The number of halogens is 2. The summed E-state index contributed by atoms with van der Waals surface area (Å²) in [5.74, 6) is 0. The molecule has 4 heteroatoms. The first-order valence-corrected chi connectivity index (χ1v) is 5.71. The fourth-order valence-corrected chi connectivity index (χ4v) is 0.637. The van der Waals surface area contributed by atoms with Crippen molar-refractivity contribution >= 4 is 46.0 Å². The first-order chi connectivity index (χ1) is 6.62. The Labute approximate surface area is 115 Å². The van der Waals surface area contributed by atoms with E-state index in [9.17, 15) is 0 Å². The molecule has 0 aliphatic carbocycles. The van der Waals surface area contributed by atoms with Gasteiger partial charge in [0.2, 0.25) is 0 Å². The summed E-state index contributed by atoms with van der Waals surface area (Å²) < 4.78 is 8.44. The molecule has 0 saturated heterocycles. The Kier molecular flexibility index (Phi) is 16.5. The molecule has 0 saturated carbocycles. The third kappa shape index (κ3) is 15.1. The van der Waals surface area contributed by atoms with Crippen LogP contribution in [0.4, 0.5) is 0 Å². The standard InChI is InChI=1S/C8H10.2CH3IO/c1-7-3-5-8(2)6-4-7;2*1-3-2/h3-6H,1-2H3;2*1H3. The van der Waals surface area contributed by atoms with Crippen LogP contribution in [0.3, 0.4) is 0 Å². The molecule has 0 aliphatic rings. The van der Waals surface area contributed by atoms with E-state index in [0.717, 1.165) is 0 Å². The Morgan fingerprint density at radius 2 is 0.929 bits per heavy atom. The van der Waals surface area contributed by atoms with E-state index in [1.54, 1.807) is 60.2 Å². The van der Waals surface area contributed by atoms with Gasteiger partial charge in [0.1, 0.15) is 46.0 Å². The third-order valence-corrected chi connectivity index (χ3v) is 1.22. The van der Waals surface area contributed by atoms with Crippen LogP contribution in [0.1, 0.15) is 11.1 Å². The van der Waals surface area contributed by atoms with E-state index < -0.39 is 0 Å². The Morgan fingerprint density at radius 3 is 1.07 bits per heavy atom. The van der Waals surface area contributed by atoms with Gasteiger partial charge in [0.25, 0.3) is 0 Å². The second kappa shape index (κ2) is 13.6. The topological polar surface area (TPSA) is 18.5 Å². The van der Waals surface area contributed by atoms with Crippen LogP contribution in [0.2, 0.25) is 0 Å². The van der Waals surface area contributed by atoms with E-state index in [0.29, 0.717) is 0 Å². The van der Waals surface area contributed by atoms with E-state index in [1.165, 1.54) is 11.1 Å². The summed E-state index contributed by atoms with van der Waals surface area (Å²) in [5.41, 5.74) is 2.66. The number of aryl methyl sites for hydroxylation is 2. The maximum Gasteiger partial charge on any atom is 0.109 e. The van der Waals surface area contributed by atoms with Crippen molar-refractivity contribution in [3.8, 4) is 0 Å². The monoisotopic (exact) mass is 422 g/mol. The van der Waals surface area contributed by atoms with E-state index in [4.69, 9.17) is 0 Å². The Hall–Kier alpha value is 0.600. The van der Waals surface area contributed by atoms with Gasteiger partial charge in [0.05, 0.1) is 0 Å². The number of rotatable bonds is 0. The summed E-state index contributed by atoms with van der Waals surface area (Å²) in [4.78, 5) is 0. The summed E-state index contributed by atoms with van der Waals surface area (Å²) in [5, 5.41) is 0. The average molecular weight is 422 g/mol. The lowest BCUT2D eigenvalue weighted by atomic mass is 10.2. The Bertz CT molecular complexity index is 177. The molecule has 0 heterocycles. The molecule has 0 aliphatic heterocycles. The van der Waals surface area contributed by atoms with Crippen molar-refractivity contribution in [3.63, 3.8) is 0 Å². The van der Waals surface area contributed by atoms with Gasteiger partial charge >= 0.3 is 0 Å². The van der Waals surface area contributed by atoms with Crippen molar-refractivity contribution in [2.24, 2.45) is 0 Å². The van der Waals surface area contributed by atoms with Crippen molar-refractivity contribution in [1.82, 2.24) is 0 Å². The highest BCUT2D eigenvalue weighted by molar-refractivity contribution is 14.1. The molecular weight excluding hydrogens is 406 g/mol. The lowest BCUT2D eigenvalue weighted by Gasteiger charge is -1.90. The summed E-state index contributed by atoms with van der Waals surface area (Å²) in [6.07, 6.45) is 0. The minimum atomic E-state index is 1.33. The number of benzene rings is 1. The summed E-state index contributed by atoms with van der Waals surface area (Å²) in [6, 6.07) is 8.48. The largest absolute Gasteiger partial charge is 0.319 e. The van der Waals surface area contributed by atoms with Crippen LogP contribution >= 0.6 is 46.0 Å². The minimum Gasteiger partial charge on any atom is -0.319 e. The van der Waals surface area contributed by atoms with Crippen LogP contribution in [-0.4, -0.2) is 14.2 Å². The molecule has 0 N–H and O–H groups in total. The molecule has 0 atom stereocenters. The van der Waals surface area contributed by atoms with Gasteiger partial charge in [0.15, 0.2) is 0 Å². The van der Waals surface area contributed by atoms with Crippen LogP contribution in [-0.2, 0) is 6.13 Å². The second-order valence-electron chi connectivity index (χ2n) is 2.46. The molecule has 0 aromatic heterocycles. The molecule has 0 amide bonds. The summed E-state index contributed by atoms with van der Waals surface area (Å²) >= 11 is 3.58. The van der Waals surface area contributed by atoms with E-state index >= 15 is 0 Å². The second-order valence-corrected chi connectivity index (χ2v) is 4.22. The number of hydrogen-bond donors (Lipinski definition) is 0. The van der Waals surface area contributed by atoms with Crippen LogP contribution in [0, 0.1) is 13.8 Å². The number of hydrogen-bond acceptors (Lipinski definition) is 2. The lowest BCUT2D eigenvalue weighted by Crippen LogP contribution is -1.70. The van der Waals surface area contributed by atoms with Gasteiger partial charge in [-0.2, -0.15) is 0 Å². The fourth-order valence-electron chi connectivity index (χ4n) is 0.637. The third-order valence-electron chi connectivity index (χ3n) is 1.22. The van der Waals surface area contributed by atoms with Gasteiger partial charge in [-0.3, -0.25) is 0 Å². The maximum absolute atomic E-state index is 4.22. The van der Waals surface area contributed by atoms with Gasteiger partial charge in [-0.05, 0) is 13.8 Å². The van der Waals surface area contributed by atoms with Crippen LogP contribution in [0.25, 0.3) is 0 Å². The van der Waals surface area contributed by atoms with Gasteiger partial charge in [-0.1, -0.05) is 35.4 Å². The first kappa shape index (κ1) is 17.0. The Balaban J connectivity index is 0. The van der Waals surface area contributed by atoms with Crippen LogP contribution < -0.4 is 0 Å². The molecule has 2 nitrogen and oxygen atoms in total. The Morgan fingerprint density at radius 1 is 0.786 bits per heavy atom. The van der Waals surface area contributed by atoms with E-state index in [2.05, 4.69) is 44.2 Å². The van der Waals surface area contributed by atoms with Crippen molar-refractivity contribution in [2.75, 3.05) is 14.2 Å². The van der Waals surface area contributed by atoms with Crippen LogP contribution in [0.15, 0.2) is 24.3 Å². The lowest BCUT2D eigenvalue weighted by molar-refractivity contribution is 0.556. The molecular formula is C10H16I2O2. The molecule has 0 fully saturated rings. The van der Waals surface area contributed by atoms with Gasteiger partial charge in [0, 0.05) is 14.2 Å². The van der Waals surface area contributed by atoms with Gasteiger partial charge in [-0.15, -0.1) is 0 Å². The zero-order valence-electron chi connectivity index (χ0n) is 8.88. The van der Waals surface area contributed by atoms with Gasteiger partial charge < -0.3 is 6.13 Å². The van der Waals surface area contributed by atoms with E-state index in [-0.39, 0.29) is 0 Å². The quantitative estimate of drug-likeness (QED) is 0.582. The molecule has 0 unspecified atom stereocenters. The molecule has 82 valence electrons. The van der Waals surface area contributed by atoms with E-state index in [1.807, 2.05) is 0 Å². The normalized spacial score (nSPS) is 7.86. The van der Waals surface area contributed by atoms with Crippen molar-refractivity contribution in [1.29, 1.82) is 0 Å². The highest BCUT2D eigenvalue weighted by atomic mass is 127. The van der Waals surface area contributed by atoms with Crippen molar-refractivity contribution in [2.45, 2.75) is 13.8 Å². The molecule has 0 spiro atoms. The molecule has 14 heavy (non-hydrogen) atoms. The smallest absolute Gasteiger partial charge is 0.109 e. The predicted molar refractivity (Wildman–Crippen MR) is 78.0 cm³/mol. The van der Waals surface area contributed by atoms with Gasteiger partial charge in [-0.25, -0.2) is 0 Å². The summed E-state index contributed by atoms with van der Waals surface area (Å²) in [7, 11) is 3.22. The first-order valence-electron chi connectivity index (χ1n) is 3.95.